The van der Waals surface area contributed by atoms with E-state index in [-0.39, 0.29) is 36.6 Å². The molecule has 0 atom stereocenters. The van der Waals surface area contributed by atoms with Crippen molar-refractivity contribution in [2.75, 3.05) is 39.3 Å². The average molecular weight is 464 g/mol. The third-order valence-electron chi connectivity index (χ3n) is 7.33. The lowest BCUT2D eigenvalue weighted by molar-refractivity contribution is -1.02. The van der Waals surface area contributed by atoms with Crippen molar-refractivity contribution in [3.63, 3.8) is 0 Å². The molecule has 1 aliphatic carbocycles. The Balaban J connectivity index is 0.00000136. The number of amides is 2. The highest BCUT2D eigenvalue weighted by Crippen LogP contribution is 2.29. The fourth-order valence-corrected chi connectivity index (χ4v) is 5.65. The monoisotopic (exact) mass is 463 g/mol. The van der Waals surface area contributed by atoms with Gasteiger partial charge in [0.1, 0.15) is 26.2 Å². The summed E-state index contributed by atoms with van der Waals surface area (Å²) < 4.78 is 0. The van der Waals surface area contributed by atoms with E-state index >= 15 is 0 Å². The topological polar surface area (TPSA) is 46.3 Å². The largest absolute Gasteiger partial charge is 1.00 e. The maximum absolute atomic E-state index is 13.0. The van der Waals surface area contributed by atoms with Crippen molar-refractivity contribution >= 4 is 22.6 Å². The van der Waals surface area contributed by atoms with Crippen molar-refractivity contribution < 1.29 is 44.2 Å². The summed E-state index contributed by atoms with van der Waals surface area (Å²) >= 11 is 0. The van der Waals surface area contributed by atoms with Gasteiger partial charge in [0.05, 0.1) is 19.1 Å². The van der Waals surface area contributed by atoms with E-state index in [0.29, 0.717) is 17.7 Å². The Morgan fingerprint density at radius 1 is 0.806 bits per heavy atom. The van der Waals surface area contributed by atoms with Gasteiger partial charge in [-0.05, 0) is 43.2 Å². The number of nitrogens with one attached hydrogen (secondary N) is 2. The van der Waals surface area contributed by atoms with Crippen molar-refractivity contribution in [3.8, 4) is 0 Å². The fraction of sp³-hybridized carbons (Fsp3) is 0.500. The first-order valence-electron chi connectivity index (χ1n) is 11.3. The molecular weight excluding hydrogens is 433 g/mol. The summed E-state index contributed by atoms with van der Waals surface area (Å²) in [6.45, 7) is 6.11. The second-order valence-electron chi connectivity index (χ2n) is 8.96. The molecule has 168 valence electrons. The lowest BCUT2D eigenvalue weighted by Crippen LogP contribution is -3.29. The Morgan fingerprint density at radius 2 is 1.39 bits per heavy atom. The molecule has 2 aliphatic heterocycles. The standard InChI is InChI=1S/C24H29N3O2.2ClH/c28-23-20-10-4-6-18-7-5-11-21(22(18)20)24(29)27(23)17-14-25-12-15-26(16-13-25)19-8-2-1-3-9-19;;/h4-7,10-11,19H,1-3,8-9,12-17H2;2*1H. The van der Waals surface area contributed by atoms with E-state index in [1.54, 1.807) is 4.90 Å². The highest BCUT2D eigenvalue weighted by Gasteiger charge is 2.35. The van der Waals surface area contributed by atoms with E-state index in [1.807, 2.05) is 36.4 Å². The van der Waals surface area contributed by atoms with Crippen LogP contribution < -0.4 is 34.6 Å². The Kier molecular flexibility index (Phi) is 7.98. The van der Waals surface area contributed by atoms with Crippen LogP contribution in [0, 0.1) is 0 Å². The van der Waals surface area contributed by atoms with Crippen molar-refractivity contribution in [2.24, 2.45) is 0 Å². The molecule has 0 spiro atoms. The van der Waals surface area contributed by atoms with Crippen LogP contribution in [-0.2, 0) is 0 Å². The summed E-state index contributed by atoms with van der Waals surface area (Å²) in [6, 6.07) is 12.3. The lowest BCUT2D eigenvalue weighted by Gasteiger charge is -2.36. The Bertz CT molecular complexity index is 887. The summed E-state index contributed by atoms with van der Waals surface area (Å²) in [6.07, 6.45) is 7.00. The number of nitrogens with zero attached hydrogens (tertiary/aromatic N) is 1. The van der Waals surface area contributed by atoms with Crippen molar-refractivity contribution in [1.29, 1.82) is 0 Å². The van der Waals surface area contributed by atoms with Gasteiger partial charge in [0.25, 0.3) is 11.8 Å². The van der Waals surface area contributed by atoms with E-state index < -0.39 is 0 Å². The van der Waals surface area contributed by atoms with Gasteiger partial charge >= 0.3 is 0 Å². The van der Waals surface area contributed by atoms with Crippen LogP contribution >= 0.6 is 0 Å². The van der Waals surface area contributed by atoms with Gasteiger partial charge in [-0.15, -0.1) is 0 Å². The summed E-state index contributed by atoms with van der Waals surface area (Å²) in [4.78, 5) is 30.9. The van der Waals surface area contributed by atoms with Crippen LogP contribution in [0.25, 0.3) is 10.8 Å². The quantitative estimate of drug-likeness (QED) is 0.444. The molecule has 7 heteroatoms. The zero-order valence-electron chi connectivity index (χ0n) is 17.8. The predicted octanol–water partition coefficient (Wildman–Crippen LogP) is -5.44. The van der Waals surface area contributed by atoms with Crippen LogP contribution in [0.1, 0.15) is 52.8 Å². The zero-order chi connectivity index (χ0) is 19.8. The number of carbonyl (C=O) groups excluding carboxylic acids is 2. The predicted molar refractivity (Wildman–Crippen MR) is 112 cm³/mol. The van der Waals surface area contributed by atoms with Crippen molar-refractivity contribution in [2.45, 2.75) is 38.1 Å². The number of piperazine rings is 1. The van der Waals surface area contributed by atoms with Crippen molar-refractivity contribution in [1.82, 2.24) is 4.90 Å². The van der Waals surface area contributed by atoms with Gasteiger partial charge in [-0.25, -0.2) is 0 Å². The first-order valence-corrected chi connectivity index (χ1v) is 11.3. The SMILES string of the molecule is O=C1c2cccc3cccc(c23)C(=O)N1CC[NH+]1CC[NH+](C2CCCCC2)CC1.[Cl-].[Cl-]. The van der Waals surface area contributed by atoms with Gasteiger partial charge < -0.3 is 34.6 Å². The molecule has 3 aliphatic rings. The van der Waals surface area contributed by atoms with E-state index in [1.165, 1.54) is 55.0 Å². The number of quaternary nitrogens is 2. The minimum absolute atomic E-state index is 0. The molecule has 2 amide bonds. The minimum atomic E-state index is -0.134. The molecule has 2 aromatic carbocycles. The van der Waals surface area contributed by atoms with Crippen LogP contribution in [0.4, 0.5) is 0 Å². The molecule has 0 aromatic heterocycles. The molecule has 2 N–H and O–H groups in total. The summed E-state index contributed by atoms with van der Waals surface area (Å²) in [5.41, 5.74) is 1.33. The third-order valence-corrected chi connectivity index (χ3v) is 7.33. The minimum Gasteiger partial charge on any atom is -1.00 e. The molecular formula is C24H31Cl2N3O2. The molecule has 0 radical (unpaired) electrons. The molecule has 5 rings (SSSR count). The number of halogens is 2. The number of hydrogen-bond acceptors (Lipinski definition) is 2. The van der Waals surface area contributed by atoms with Crippen LogP contribution in [0.5, 0.6) is 0 Å². The first kappa shape index (κ1) is 24.0. The van der Waals surface area contributed by atoms with Crippen LogP contribution in [-0.4, -0.2) is 62.0 Å². The summed E-state index contributed by atoms with van der Waals surface area (Å²) in [5, 5.41) is 1.78. The maximum Gasteiger partial charge on any atom is 0.261 e. The van der Waals surface area contributed by atoms with Gasteiger partial charge in [-0.3, -0.25) is 14.5 Å². The van der Waals surface area contributed by atoms with Gasteiger partial charge in [0.15, 0.2) is 0 Å². The fourth-order valence-electron chi connectivity index (χ4n) is 5.65. The first-order chi connectivity index (χ1) is 14.2. The van der Waals surface area contributed by atoms with E-state index in [4.69, 9.17) is 0 Å². The molecule has 0 bridgehead atoms. The molecule has 2 aromatic rings. The molecule has 0 unspecified atom stereocenters. The van der Waals surface area contributed by atoms with E-state index in [0.717, 1.165) is 36.4 Å². The van der Waals surface area contributed by atoms with E-state index in [2.05, 4.69) is 0 Å². The number of carbonyl (C=O) groups is 2. The number of rotatable bonds is 4. The third kappa shape index (κ3) is 4.61. The molecule has 2 heterocycles. The number of hydrogen-bond donors (Lipinski definition) is 2. The van der Waals surface area contributed by atoms with Crippen LogP contribution in [0.2, 0.25) is 0 Å². The Hall–Kier alpha value is -1.66. The number of benzene rings is 2. The summed E-state index contributed by atoms with van der Waals surface area (Å²) in [7, 11) is 0. The van der Waals surface area contributed by atoms with Gasteiger partial charge in [-0.2, -0.15) is 0 Å². The molecule has 5 nitrogen and oxygen atoms in total. The van der Waals surface area contributed by atoms with Crippen LogP contribution in [0.3, 0.4) is 0 Å². The molecule has 2 fully saturated rings. The Morgan fingerprint density at radius 3 is 1.97 bits per heavy atom. The zero-order valence-corrected chi connectivity index (χ0v) is 19.4. The second-order valence-corrected chi connectivity index (χ2v) is 8.96. The lowest BCUT2D eigenvalue weighted by atomic mass is 9.93. The van der Waals surface area contributed by atoms with Gasteiger partial charge in [0, 0.05) is 16.5 Å². The van der Waals surface area contributed by atoms with Gasteiger partial charge in [0.2, 0.25) is 0 Å². The second kappa shape index (κ2) is 10.3. The number of imide groups is 1. The smallest absolute Gasteiger partial charge is 0.261 e. The normalized spacial score (nSPS) is 23.9. The molecule has 1 saturated carbocycles. The molecule has 31 heavy (non-hydrogen) atoms. The highest BCUT2D eigenvalue weighted by atomic mass is 35.5. The molecule has 1 saturated heterocycles. The van der Waals surface area contributed by atoms with Gasteiger partial charge in [-0.1, -0.05) is 30.7 Å². The maximum atomic E-state index is 13.0. The van der Waals surface area contributed by atoms with Crippen LogP contribution in [0.15, 0.2) is 36.4 Å². The average Bonchev–Trinajstić information content (AvgIpc) is 2.78. The summed E-state index contributed by atoms with van der Waals surface area (Å²) in [5.74, 6) is -0.268. The Labute approximate surface area is 196 Å². The van der Waals surface area contributed by atoms with E-state index in [9.17, 15) is 9.59 Å². The van der Waals surface area contributed by atoms with Crippen molar-refractivity contribution in [3.05, 3.63) is 47.5 Å². The highest BCUT2D eigenvalue weighted by molar-refractivity contribution is 6.25.